The molecule has 0 bridgehead atoms. The van der Waals surface area contributed by atoms with E-state index in [-0.39, 0.29) is 18.1 Å². The molecule has 3 fully saturated rings. The van der Waals surface area contributed by atoms with Crippen LogP contribution >= 0.6 is 0 Å². The molecule has 3 rings (SSSR count). The third-order valence-corrected chi connectivity index (χ3v) is 4.47. The maximum absolute atomic E-state index is 4.25. The van der Waals surface area contributed by atoms with E-state index in [2.05, 4.69) is 63.2 Å². The van der Waals surface area contributed by atoms with Gasteiger partial charge in [0.1, 0.15) is 0 Å². The number of rotatable bonds is 6. The Labute approximate surface area is 165 Å². The Balaban J connectivity index is 1.52. The van der Waals surface area contributed by atoms with Gasteiger partial charge in [-0.05, 0) is 0 Å². The van der Waals surface area contributed by atoms with E-state index in [0.29, 0.717) is 5.96 Å². The monoisotopic (exact) mass is 392 g/mol. The maximum Gasteiger partial charge on any atom is 0.257 e. The molecule has 8 N–H and O–H groups in total. The van der Waals surface area contributed by atoms with E-state index in [1.165, 1.54) is 0 Å². The van der Waals surface area contributed by atoms with Gasteiger partial charge in [0.15, 0.2) is 0 Å². The van der Waals surface area contributed by atoms with Crippen LogP contribution in [-0.4, -0.2) is 102 Å². The van der Waals surface area contributed by atoms with Gasteiger partial charge >= 0.3 is 0 Å². The summed E-state index contributed by atoms with van der Waals surface area (Å²) in [6.07, 6.45) is 5.41. The summed E-state index contributed by atoms with van der Waals surface area (Å²) in [6.45, 7) is 8.23. The second-order valence-corrected chi connectivity index (χ2v) is 6.79. The van der Waals surface area contributed by atoms with Crippen molar-refractivity contribution in [2.45, 2.75) is 18.1 Å². The van der Waals surface area contributed by atoms with E-state index in [4.69, 9.17) is 0 Å². The second kappa shape index (κ2) is 12.5. The summed E-state index contributed by atoms with van der Waals surface area (Å²) in [6, 6.07) is 0.537. The van der Waals surface area contributed by atoms with Crippen LogP contribution in [0.2, 0.25) is 0 Å². The Hall–Kier alpha value is -1.96. The second-order valence-electron chi connectivity index (χ2n) is 6.79. The van der Waals surface area contributed by atoms with Gasteiger partial charge in [-0.15, -0.1) is 5.10 Å². The van der Waals surface area contributed by atoms with Crippen LogP contribution in [0.1, 0.15) is 0 Å². The lowest BCUT2D eigenvalue weighted by Gasteiger charge is -2.21. The smallest absolute Gasteiger partial charge is 0.257 e. The first-order valence-corrected chi connectivity index (χ1v) is 9.92. The molecule has 12 nitrogen and oxygen atoms in total. The fraction of sp³-hybridized carbons (Fsp3) is 0.750. The standard InChI is InChI=1S/C16H32N12/c1-4-20-13(7-17-1)10-23-26-16(27-24-11-14-8-18-2-5-21-14)28-25-12-15-9-19-3-6-22-15/h10-15,17-22H,1-9H2,(H2,26,27,28)/b23-10+,24-11+,25-12+. The van der Waals surface area contributed by atoms with Crippen LogP contribution in [0.3, 0.4) is 0 Å². The first kappa shape index (κ1) is 20.8. The van der Waals surface area contributed by atoms with Gasteiger partial charge in [0.05, 0.1) is 18.1 Å². The molecule has 3 saturated heterocycles. The molecular formula is C16H32N12. The van der Waals surface area contributed by atoms with E-state index in [1.54, 1.807) is 6.21 Å². The van der Waals surface area contributed by atoms with Crippen molar-refractivity contribution < 1.29 is 0 Å². The highest BCUT2D eigenvalue weighted by molar-refractivity contribution is 5.82. The molecule has 156 valence electrons. The number of nitrogens with zero attached hydrogens (tertiary/aromatic N) is 4. The maximum atomic E-state index is 4.25. The Bertz CT molecular complexity index is 510. The fourth-order valence-electron chi connectivity index (χ4n) is 2.96. The summed E-state index contributed by atoms with van der Waals surface area (Å²) in [7, 11) is 0. The molecule has 3 aliphatic heterocycles. The van der Waals surface area contributed by atoms with Crippen molar-refractivity contribution >= 4 is 24.6 Å². The Morgan fingerprint density at radius 3 is 1.54 bits per heavy atom. The third-order valence-electron chi connectivity index (χ3n) is 4.47. The minimum absolute atomic E-state index is 0.167. The normalized spacial score (nSPS) is 29.4. The first-order valence-electron chi connectivity index (χ1n) is 9.92. The van der Waals surface area contributed by atoms with Crippen LogP contribution in [0.4, 0.5) is 0 Å². The van der Waals surface area contributed by atoms with Crippen LogP contribution in [-0.2, 0) is 0 Å². The van der Waals surface area contributed by atoms with Crippen molar-refractivity contribution in [2.24, 2.45) is 20.4 Å². The number of nitrogens with one attached hydrogen (secondary N) is 8. The SMILES string of the molecule is C(=N\N=C(N/N=C/C1CNCCN1)N/N=C/C1CNCCN1)/C1CNCCN1. The predicted molar refractivity (Wildman–Crippen MR) is 113 cm³/mol. The number of hydrogen-bond donors (Lipinski definition) is 8. The lowest BCUT2D eigenvalue weighted by Crippen LogP contribution is -2.49. The van der Waals surface area contributed by atoms with Crippen LogP contribution in [0, 0.1) is 0 Å². The number of piperazine rings is 3. The molecule has 0 aromatic carbocycles. The third kappa shape index (κ3) is 7.96. The van der Waals surface area contributed by atoms with Crippen molar-refractivity contribution in [3.8, 4) is 0 Å². The molecular weight excluding hydrogens is 360 g/mol. The topological polar surface area (TPSA) is 146 Å². The zero-order valence-corrected chi connectivity index (χ0v) is 16.1. The van der Waals surface area contributed by atoms with Gasteiger partial charge in [-0.2, -0.15) is 15.3 Å². The molecule has 0 radical (unpaired) electrons. The highest BCUT2D eigenvalue weighted by Crippen LogP contribution is 1.86. The van der Waals surface area contributed by atoms with Gasteiger partial charge in [0.25, 0.3) is 5.96 Å². The lowest BCUT2D eigenvalue weighted by molar-refractivity contribution is 0.491. The molecule has 0 spiro atoms. The molecule has 0 aromatic heterocycles. The molecule has 0 amide bonds. The van der Waals surface area contributed by atoms with Crippen molar-refractivity contribution in [3.05, 3.63) is 0 Å². The van der Waals surface area contributed by atoms with Gasteiger partial charge in [-0.1, -0.05) is 0 Å². The molecule has 0 aliphatic carbocycles. The molecule has 28 heavy (non-hydrogen) atoms. The molecule has 3 unspecified atom stereocenters. The first-order chi connectivity index (χ1) is 13.9. The van der Waals surface area contributed by atoms with Crippen LogP contribution in [0.25, 0.3) is 0 Å². The molecule has 3 heterocycles. The molecule has 3 atom stereocenters. The molecule has 0 saturated carbocycles. The van der Waals surface area contributed by atoms with Gasteiger partial charge in [-0.25, -0.2) is 10.9 Å². The van der Waals surface area contributed by atoms with E-state index >= 15 is 0 Å². The van der Waals surface area contributed by atoms with E-state index in [1.807, 2.05) is 12.4 Å². The quantitative estimate of drug-likeness (QED) is 0.130. The summed E-state index contributed by atoms with van der Waals surface area (Å²) in [5.74, 6) is 0.361. The summed E-state index contributed by atoms with van der Waals surface area (Å²) in [5.41, 5.74) is 5.77. The van der Waals surface area contributed by atoms with Gasteiger partial charge in [0, 0.05) is 77.5 Å². The zero-order valence-electron chi connectivity index (χ0n) is 16.1. The zero-order chi connectivity index (χ0) is 19.3. The summed E-state index contributed by atoms with van der Waals surface area (Å²) in [5, 5.41) is 36.9. The number of hydrazone groups is 2. The van der Waals surface area contributed by atoms with Gasteiger partial charge in [-0.3, -0.25) is 0 Å². The highest BCUT2D eigenvalue weighted by atomic mass is 15.5. The Kier molecular flexibility index (Phi) is 9.26. The number of hydrogen-bond acceptors (Lipinski definition) is 10. The predicted octanol–water partition coefficient (Wildman–Crippen LogP) is -3.84. The van der Waals surface area contributed by atoms with Gasteiger partial charge in [0.2, 0.25) is 0 Å². The molecule has 0 aromatic rings. The van der Waals surface area contributed by atoms with Crippen molar-refractivity contribution in [1.82, 2.24) is 42.8 Å². The summed E-state index contributed by atoms with van der Waals surface area (Å²) in [4.78, 5) is 0. The molecule has 12 heteroatoms. The molecule has 3 aliphatic rings. The largest absolute Gasteiger partial charge is 0.314 e. The van der Waals surface area contributed by atoms with Crippen molar-refractivity contribution in [2.75, 3.05) is 58.9 Å². The van der Waals surface area contributed by atoms with Crippen molar-refractivity contribution in [1.29, 1.82) is 0 Å². The van der Waals surface area contributed by atoms with Crippen LogP contribution < -0.4 is 42.8 Å². The van der Waals surface area contributed by atoms with Gasteiger partial charge < -0.3 is 31.9 Å². The van der Waals surface area contributed by atoms with E-state index in [9.17, 15) is 0 Å². The number of guanidine groups is 1. The summed E-state index contributed by atoms with van der Waals surface area (Å²) < 4.78 is 0. The van der Waals surface area contributed by atoms with E-state index < -0.39 is 0 Å². The average molecular weight is 393 g/mol. The Morgan fingerprint density at radius 2 is 1.11 bits per heavy atom. The van der Waals surface area contributed by atoms with E-state index in [0.717, 1.165) is 58.9 Å². The minimum Gasteiger partial charge on any atom is -0.314 e. The minimum atomic E-state index is 0.167. The Morgan fingerprint density at radius 1 is 0.643 bits per heavy atom. The highest BCUT2D eigenvalue weighted by Gasteiger charge is 2.10. The fourth-order valence-corrected chi connectivity index (χ4v) is 2.96. The lowest BCUT2D eigenvalue weighted by atomic mass is 10.2. The van der Waals surface area contributed by atoms with Crippen LogP contribution in [0.15, 0.2) is 20.4 Å². The van der Waals surface area contributed by atoms with Crippen molar-refractivity contribution in [3.63, 3.8) is 0 Å². The summed E-state index contributed by atoms with van der Waals surface area (Å²) >= 11 is 0. The van der Waals surface area contributed by atoms with Crippen LogP contribution in [0.5, 0.6) is 0 Å². The average Bonchev–Trinajstić information content (AvgIpc) is 2.76.